The van der Waals surface area contributed by atoms with E-state index >= 15 is 0 Å². The number of nitrogens with two attached hydrogens (primary N) is 1. The number of aromatic nitrogens is 1. The molecule has 1 heterocycles. The van der Waals surface area contributed by atoms with Crippen LogP contribution in [0.5, 0.6) is 0 Å². The summed E-state index contributed by atoms with van der Waals surface area (Å²) in [6.45, 7) is 0. The first-order chi connectivity index (χ1) is 6.99. The van der Waals surface area contributed by atoms with Gasteiger partial charge in [-0.15, -0.1) is 0 Å². The van der Waals surface area contributed by atoms with E-state index in [1.54, 1.807) is 0 Å². The highest BCUT2D eigenvalue weighted by Gasteiger charge is 2.46. The monoisotopic (exact) mass is 229 g/mol. The minimum Gasteiger partial charge on any atom is -0.465 e. The van der Waals surface area contributed by atoms with Crippen molar-refractivity contribution in [2.24, 2.45) is 0 Å². The molecule has 0 radical (unpaired) electrons. The van der Waals surface area contributed by atoms with E-state index in [4.69, 9.17) is 10.8 Å². The largest absolute Gasteiger partial charge is 0.465 e. The summed E-state index contributed by atoms with van der Waals surface area (Å²) in [5, 5.41) is 21.3. The Kier molecular flexibility index (Phi) is 2.28. The predicted molar refractivity (Wildman–Crippen MR) is 54.6 cm³/mol. The molecular formula is C8H11N3O3S. The van der Waals surface area contributed by atoms with Crippen LogP contribution in [-0.4, -0.2) is 27.3 Å². The van der Waals surface area contributed by atoms with Crippen LogP contribution < -0.4 is 11.1 Å². The van der Waals surface area contributed by atoms with Crippen LogP contribution in [0.25, 0.3) is 0 Å². The molecule has 1 aliphatic carbocycles. The van der Waals surface area contributed by atoms with Gasteiger partial charge in [0, 0.05) is 25.1 Å². The average Bonchev–Trinajstić information content (AvgIpc) is 2.48. The molecule has 0 unspecified atom stereocenters. The van der Waals surface area contributed by atoms with Crippen molar-refractivity contribution < 1.29 is 15.0 Å². The van der Waals surface area contributed by atoms with Crippen LogP contribution in [0.3, 0.4) is 0 Å². The molecule has 7 heteroatoms. The van der Waals surface area contributed by atoms with Gasteiger partial charge in [0.25, 0.3) is 0 Å². The highest BCUT2D eigenvalue weighted by molar-refractivity contribution is 7.15. The van der Waals surface area contributed by atoms with Crippen molar-refractivity contribution in [2.75, 3.05) is 5.73 Å². The number of hydrogen-bond donors (Lipinski definition) is 4. The van der Waals surface area contributed by atoms with Crippen molar-refractivity contribution in [2.45, 2.75) is 24.5 Å². The van der Waals surface area contributed by atoms with E-state index in [2.05, 4.69) is 10.3 Å². The lowest BCUT2D eigenvalue weighted by molar-refractivity contribution is -0.0569. The van der Waals surface area contributed by atoms with Crippen molar-refractivity contribution in [1.29, 1.82) is 0 Å². The van der Waals surface area contributed by atoms with Crippen molar-refractivity contribution in [3.63, 3.8) is 0 Å². The standard InChI is InChI=1S/C8H11N3O3S/c9-6-10-3-5(15-6)8(14)1-4(2-8)11-7(12)13/h3-4,11,14H,1-2H2,(H2,9,10)(H,12,13). The summed E-state index contributed by atoms with van der Waals surface area (Å²) in [5.41, 5.74) is 4.50. The van der Waals surface area contributed by atoms with Gasteiger partial charge in [0.1, 0.15) is 5.60 Å². The summed E-state index contributed by atoms with van der Waals surface area (Å²) in [6, 6.07) is -0.184. The summed E-state index contributed by atoms with van der Waals surface area (Å²) in [5.74, 6) is 0. The van der Waals surface area contributed by atoms with Gasteiger partial charge in [0.15, 0.2) is 5.13 Å². The Balaban J connectivity index is 1.99. The number of aliphatic hydroxyl groups is 1. The Morgan fingerprint density at radius 3 is 2.87 bits per heavy atom. The average molecular weight is 229 g/mol. The lowest BCUT2D eigenvalue weighted by Crippen LogP contribution is -2.52. The van der Waals surface area contributed by atoms with E-state index in [0.29, 0.717) is 22.9 Å². The third-order valence-electron chi connectivity index (χ3n) is 2.48. The smallest absolute Gasteiger partial charge is 0.404 e. The highest BCUT2D eigenvalue weighted by atomic mass is 32.1. The topological polar surface area (TPSA) is 108 Å². The van der Waals surface area contributed by atoms with Gasteiger partial charge >= 0.3 is 6.09 Å². The fourth-order valence-corrected chi connectivity index (χ4v) is 2.53. The second kappa shape index (κ2) is 3.35. The number of hydrogen-bond acceptors (Lipinski definition) is 5. The second-order valence-corrected chi connectivity index (χ2v) is 4.71. The molecule has 5 N–H and O–H groups in total. The molecule has 1 aliphatic rings. The molecule has 82 valence electrons. The molecule has 0 bridgehead atoms. The van der Waals surface area contributed by atoms with Gasteiger partial charge < -0.3 is 21.3 Å². The zero-order valence-corrected chi connectivity index (χ0v) is 8.62. The number of carboxylic acid groups (broad SMARTS) is 1. The molecule has 1 aromatic rings. The zero-order valence-electron chi connectivity index (χ0n) is 7.80. The van der Waals surface area contributed by atoms with Gasteiger partial charge in [-0.1, -0.05) is 11.3 Å². The van der Waals surface area contributed by atoms with Crippen LogP contribution in [0.4, 0.5) is 9.93 Å². The molecule has 0 aliphatic heterocycles. The number of carbonyl (C=O) groups is 1. The number of nitrogens with zero attached hydrogens (tertiary/aromatic N) is 1. The third-order valence-corrected chi connectivity index (χ3v) is 3.50. The Morgan fingerprint density at radius 1 is 1.73 bits per heavy atom. The summed E-state index contributed by atoms with van der Waals surface area (Å²) in [4.78, 5) is 14.9. The predicted octanol–water partition coefficient (Wildman–Crippen LogP) is 0.343. The van der Waals surface area contributed by atoms with E-state index < -0.39 is 11.7 Å². The maximum atomic E-state index is 10.3. The van der Waals surface area contributed by atoms with Gasteiger partial charge in [0.2, 0.25) is 0 Å². The van der Waals surface area contributed by atoms with Crippen LogP contribution in [-0.2, 0) is 5.60 Å². The number of amides is 1. The van der Waals surface area contributed by atoms with Crippen molar-refractivity contribution in [1.82, 2.24) is 10.3 Å². The van der Waals surface area contributed by atoms with Crippen LogP contribution in [0, 0.1) is 0 Å². The SMILES string of the molecule is Nc1ncc(C2(O)CC(NC(=O)O)C2)s1. The Hall–Kier alpha value is -1.34. The van der Waals surface area contributed by atoms with Gasteiger partial charge in [0.05, 0.1) is 4.88 Å². The van der Waals surface area contributed by atoms with Crippen molar-refractivity contribution >= 4 is 22.6 Å². The highest BCUT2D eigenvalue weighted by Crippen LogP contribution is 2.43. The molecule has 0 aromatic carbocycles. The molecular weight excluding hydrogens is 218 g/mol. The third kappa shape index (κ3) is 1.88. The minimum atomic E-state index is -1.06. The maximum Gasteiger partial charge on any atom is 0.404 e. The van der Waals surface area contributed by atoms with E-state index in [9.17, 15) is 9.90 Å². The summed E-state index contributed by atoms with van der Waals surface area (Å²) >= 11 is 1.23. The van der Waals surface area contributed by atoms with E-state index in [1.165, 1.54) is 17.5 Å². The fourth-order valence-electron chi connectivity index (χ4n) is 1.74. The molecule has 1 saturated carbocycles. The Labute approximate surface area is 89.8 Å². The maximum absolute atomic E-state index is 10.3. The van der Waals surface area contributed by atoms with Crippen molar-refractivity contribution in [3.05, 3.63) is 11.1 Å². The summed E-state index contributed by atoms with van der Waals surface area (Å²) in [7, 11) is 0. The summed E-state index contributed by atoms with van der Waals surface area (Å²) in [6.07, 6.45) is 1.23. The van der Waals surface area contributed by atoms with Crippen LogP contribution >= 0.6 is 11.3 Å². The lowest BCUT2D eigenvalue weighted by atomic mass is 9.75. The lowest BCUT2D eigenvalue weighted by Gasteiger charge is -2.42. The van der Waals surface area contributed by atoms with Crippen LogP contribution in [0.2, 0.25) is 0 Å². The Morgan fingerprint density at radius 2 is 2.40 bits per heavy atom. The number of rotatable bonds is 2. The minimum absolute atomic E-state index is 0.184. The molecule has 1 amide bonds. The van der Waals surface area contributed by atoms with Gasteiger partial charge in [-0.05, 0) is 0 Å². The van der Waals surface area contributed by atoms with E-state index in [0.717, 1.165) is 0 Å². The molecule has 0 saturated heterocycles. The van der Waals surface area contributed by atoms with Crippen molar-refractivity contribution in [3.8, 4) is 0 Å². The van der Waals surface area contributed by atoms with Gasteiger partial charge in [-0.3, -0.25) is 0 Å². The molecule has 0 spiro atoms. The first kappa shape index (κ1) is 10.2. The van der Waals surface area contributed by atoms with E-state index in [-0.39, 0.29) is 6.04 Å². The second-order valence-electron chi connectivity index (χ2n) is 3.65. The fraction of sp³-hybridized carbons (Fsp3) is 0.500. The molecule has 15 heavy (non-hydrogen) atoms. The Bertz CT molecular complexity index is 386. The number of anilines is 1. The molecule has 1 fully saturated rings. The summed E-state index contributed by atoms with van der Waals surface area (Å²) < 4.78 is 0. The molecule has 6 nitrogen and oxygen atoms in total. The molecule has 0 atom stereocenters. The van der Waals surface area contributed by atoms with Gasteiger partial charge in [-0.25, -0.2) is 9.78 Å². The molecule has 2 rings (SSSR count). The number of thiazole rings is 1. The van der Waals surface area contributed by atoms with Gasteiger partial charge in [-0.2, -0.15) is 0 Å². The van der Waals surface area contributed by atoms with Crippen LogP contribution in [0.15, 0.2) is 6.20 Å². The molecule has 1 aromatic heterocycles. The first-order valence-corrected chi connectivity index (χ1v) is 5.25. The van der Waals surface area contributed by atoms with Crippen LogP contribution in [0.1, 0.15) is 17.7 Å². The normalized spacial score (nSPS) is 29.5. The van der Waals surface area contributed by atoms with E-state index in [1.807, 2.05) is 0 Å². The quantitative estimate of drug-likeness (QED) is 0.585. The zero-order chi connectivity index (χ0) is 11.1. The number of nitrogens with one attached hydrogen (secondary N) is 1. The number of nitrogen functional groups attached to an aromatic ring is 1. The first-order valence-electron chi connectivity index (χ1n) is 4.43.